The van der Waals surface area contributed by atoms with Crippen molar-refractivity contribution in [1.82, 2.24) is 0 Å². The topological polar surface area (TPSA) is 110 Å². The van der Waals surface area contributed by atoms with Crippen LogP contribution in [0.25, 0.3) is 0 Å². The number of nitrogens with zero attached hydrogens (tertiary/aromatic N) is 1. The van der Waals surface area contributed by atoms with Crippen LogP contribution in [0.3, 0.4) is 0 Å². The van der Waals surface area contributed by atoms with Crippen molar-refractivity contribution < 1.29 is 45.8 Å². The average molecular weight is 584 g/mol. The first-order chi connectivity index (χ1) is 18.6. The van der Waals surface area contributed by atoms with Gasteiger partial charge in [-0.05, 0) is 80.8 Å². The fourth-order valence-corrected chi connectivity index (χ4v) is 6.15. The summed E-state index contributed by atoms with van der Waals surface area (Å²) in [6.45, 7) is 3.04. The van der Waals surface area contributed by atoms with Gasteiger partial charge >= 0.3 is 18.1 Å². The van der Waals surface area contributed by atoms with Gasteiger partial charge in [-0.2, -0.15) is 13.2 Å². The molecule has 2 aromatic rings. The van der Waals surface area contributed by atoms with Crippen molar-refractivity contribution in [3.63, 3.8) is 0 Å². The molecule has 1 heterocycles. The Balaban J connectivity index is 1.68. The lowest BCUT2D eigenvalue weighted by Crippen LogP contribution is -2.45. The van der Waals surface area contributed by atoms with Gasteiger partial charge in [0.25, 0.3) is 10.0 Å². The van der Waals surface area contributed by atoms with Gasteiger partial charge in [-0.1, -0.05) is 25.1 Å². The van der Waals surface area contributed by atoms with Crippen molar-refractivity contribution >= 4 is 27.6 Å². The van der Waals surface area contributed by atoms with Gasteiger partial charge in [0.05, 0.1) is 29.5 Å². The summed E-state index contributed by atoms with van der Waals surface area (Å²) in [7, 11) is -4.15. The van der Waals surface area contributed by atoms with E-state index in [1.807, 2.05) is 6.07 Å². The van der Waals surface area contributed by atoms with Crippen LogP contribution in [0.15, 0.2) is 47.4 Å². The summed E-state index contributed by atoms with van der Waals surface area (Å²) in [5.74, 6) is -2.43. The Labute approximate surface area is 231 Å². The van der Waals surface area contributed by atoms with E-state index in [1.165, 1.54) is 24.3 Å². The third kappa shape index (κ3) is 6.37. The van der Waals surface area contributed by atoms with Gasteiger partial charge in [0, 0.05) is 0 Å². The Kier molecular flexibility index (Phi) is 8.13. The Bertz CT molecular complexity index is 1390. The van der Waals surface area contributed by atoms with E-state index in [0.29, 0.717) is 12.3 Å². The molecule has 8 nitrogen and oxygen atoms in total. The summed E-state index contributed by atoms with van der Waals surface area (Å²) in [5, 5.41) is 9.54. The molecule has 2 aliphatic rings. The number of esters is 1. The van der Waals surface area contributed by atoms with Crippen LogP contribution < -0.4 is 9.04 Å². The molecular formula is C28H32F3NO7S. The van der Waals surface area contributed by atoms with E-state index in [9.17, 15) is 36.3 Å². The number of benzene rings is 2. The smallest absolute Gasteiger partial charge is 0.427 e. The number of alkyl halides is 3. The third-order valence-corrected chi connectivity index (χ3v) is 9.02. The molecule has 218 valence electrons. The zero-order valence-electron chi connectivity index (χ0n) is 22.4. The summed E-state index contributed by atoms with van der Waals surface area (Å²) in [5.41, 5.74) is -1.45. The van der Waals surface area contributed by atoms with Crippen LogP contribution >= 0.6 is 0 Å². The highest BCUT2D eigenvalue weighted by atomic mass is 32.2. The molecule has 0 saturated heterocycles. The molecule has 1 N–H and O–H groups in total. The highest BCUT2D eigenvalue weighted by molar-refractivity contribution is 7.92. The first kappa shape index (κ1) is 29.7. The molecule has 0 spiro atoms. The van der Waals surface area contributed by atoms with Crippen molar-refractivity contribution in [1.29, 1.82) is 0 Å². The number of carboxylic acids is 1. The molecule has 0 radical (unpaired) electrons. The second-order valence-corrected chi connectivity index (χ2v) is 12.6. The summed E-state index contributed by atoms with van der Waals surface area (Å²) < 4.78 is 79.2. The number of hydrogen-bond donors (Lipinski definition) is 1. The van der Waals surface area contributed by atoms with Gasteiger partial charge in [-0.25, -0.2) is 8.42 Å². The van der Waals surface area contributed by atoms with E-state index in [-0.39, 0.29) is 34.9 Å². The molecular weight excluding hydrogens is 551 g/mol. The van der Waals surface area contributed by atoms with E-state index >= 15 is 0 Å². The maximum Gasteiger partial charge on any atom is 0.427 e. The lowest BCUT2D eigenvalue weighted by molar-refractivity contribution is -0.257. The van der Waals surface area contributed by atoms with Gasteiger partial charge in [0.15, 0.2) is 0 Å². The van der Waals surface area contributed by atoms with Gasteiger partial charge in [-0.3, -0.25) is 13.9 Å². The molecule has 0 aromatic heterocycles. The average Bonchev–Trinajstić information content (AvgIpc) is 3.71. The molecule has 40 heavy (non-hydrogen) atoms. The Hall–Kier alpha value is -3.28. The Morgan fingerprint density at radius 1 is 1.15 bits per heavy atom. The molecule has 1 fully saturated rings. The fourth-order valence-electron chi connectivity index (χ4n) is 4.60. The number of sulfonamides is 1. The summed E-state index contributed by atoms with van der Waals surface area (Å²) >= 11 is 0. The SMILES string of the molecule is CC[C@H](C[C@H]1CN(S(=O)(=O)c2cccc(C3CC3)c2)c2cc(CC(=O)OC(C)(C)C(F)(F)F)ccc2O1)C(=O)O. The number of anilines is 1. The highest BCUT2D eigenvalue weighted by Crippen LogP contribution is 2.43. The van der Waals surface area contributed by atoms with E-state index in [1.54, 1.807) is 19.1 Å². The monoisotopic (exact) mass is 583 g/mol. The van der Waals surface area contributed by atoms with Gasteiger partial charge in [0.2, 0.25) is 5.60 Å². The van der Waals surface area contributed by atoms with Crippen molar-refractivity contribution in [2.45, 2.75) is 81.6 Å². The lowest BCUT2D eigenvalue weighted by atomic mass is 9.98. The van der Waals surface area contributed by atoms with E-state index in [4.69, 9.17) is 4.74 Å². The number of carboxylic acid groups (broad SMARTS) is 1. The van der Waals surface area contributed by atoms with E-state index in [2.05, 4.69) is 4.74 Å². The standard InChI is InChI=1S/C28H32F3NO7S/c1-4-18(26(34)35)14-21-16-32(40(36,37)22-7-5-6-20(15-22)19-9-10-19)23-12-17(8-11-24(23)38-21)13-25(33)39-27(2,3)28(29,30)31/h5-8,11-12,15,18-19,21H,4,9-10,13-14,16H2,1-3H3,(H,34,35)/t18-,21+/m1/s1. The minimum Gasteiger partial charge on any atom is -0.486 e. The van der Waals surface area contributed by atoms with Gasteiger partial charge in [-0.15, -0.1) is 0 Å². The molecule has 4 rings (SSSR count). The van der Waals surface area contributed by atoms with Crippen molar-refractivity contribution in [2.75, 3.05) is 10.8 Å². The largest absolute Gasteiger partial charge is 0.486 e. The second kappa shape index (κ2) is 10.9. The predicted octanol–water partition coefficient (Wildman–Crippen LogP) is 5.45. The van der Waals surface area contributed by atoms with Crippen LogP contribution in [0.1, 0.15) is 63.5 Å². The Morgan fingerprint density at radius 2 is 1.85 bits per heavy atom. The minimum absolute atomic E-state index is 0.0607. The lowest BCUT2D eigenvalue weighted by Gasteiger charge is -2.36. The molecule has 0 unspecified atom stereocenters. The molecule has 0 amide bonds. The number of aliphatic carboxylic acids is 1. The van der Waals surface area contributed by atoms with Crippen LogP contribution in [-0.4, -0.2) is 49.9 Å². The number of carbonyl (C=O) groups excluding carboxylic acids is 1. The Morgan fingerprint density at radius 3 is 2.45 bits per heavy atom. The van der Waals surface area contributed by atoms with Gasteiger partial charge < -0.3 is 14.6 Å². The summed E-state index contributed by atoms with van der Waals surface area (Å²) in [6, 6.07) is 10.9. The number of carbonyl (C=O) groups is 2. The highest BCUT2D eigenvalue weighted by Gasteiger charge is 2.50. The normalized spacial score (nSPS) is 18.4. The second-order valence-electron chi connectivity index (χ2n) is 10.8. The number of rotatable bonds is 10. The van der Waals surface area contributed by atoms with E-state index < -0.39 is 52.2 Å². The van der Waals surface area contributed by atoms with Crippen LogP contribution in [0.4, 0.5) is 18.9 Å². The molecule has 0 bridgehead atoms. The van der Waals surface area contributed by atoms with Gasteiger partial charge in [0.1, 0.15) is 11.9 Å². The number of fused-ring (bicyclic) bond motifs is 1. The van der Waals surface area contributed by atoms with Crippen LogP contribution in [0, 0.1) is 5.92 Å². The number of halogens is 3. The first-order valence-corrected chi connectivity index (χ1v) is 14.5. The quantitative estimate of drug-likeness (QED) is 0.371. The van der Waals surface area contributed by atoms with E-state index in [0.717, 1.165) is 36.6 Å². The molecule has 12 heteroatoms. The predicted molar refractivity (Wildman–Crippen MR) is 140 cm³/mol. The van der Waals surface area contributed by atoms with Crippen LogP contribution in [-0.2, 0) is 30.8 Å². The zero-order valence-corrected chi connectivity index (χ0v) is 23.2. The van der Waals surface area contributed by atoms with Crippen molar-refractivity contribution in [2.24, 2.45) is 5.92 Å². The molecule has 1 aliphatic heterocycles. The summed E-state index contributed by atoms with van der Waals surface area (Å²) in [6.07, 6.45) is -3.72. The van der Waals surface area contributed by atoms with Crippen molar-refractivity contribution in [3.05, 3.63) is 53.6 Å². The van der Waals surface area contributed by atoms with Crippen LogP contribution in [0.5, 0.6) is 5.75 Å². The first-order valence-electron chi connectivity index (χ1n) is 13.1. The fraction of sp³-hybridized carbons (Fsp3) is 0.500. The zero-order chi connectivity index (χ0) is 29.5. The third-order valence-electron chi connectivity index (χ3n) is 7.24. The molecule has 2 aromatic carbocycles. The van der Waals surface area contributed by atoms with Crippen LogP contribution in [0.2, 0.25) is 0 Å². The number of ether oxygens (including phenoxy) is 2. The molecule has 2 atom stereocenters. The van der Waals surface area contributed by atoms with Crippen molar-refractivity contribution in [3.8, 4) is 5.75 Å². The molecule has 1 aliphatic carbocycles. The number of hydrogen-bond acceptors (Lipinski definition) is 6. The summed E-state index contributed by atoms with van der Waals surface area (Å²) in [4.78, 5) is 24.1. The molecule has 1 saturated carbocycles. The maximum atomic E-state index is 13.9. The minimum atomic E-state index is -4.77. The maximum absolute atomic E-state index is 13.9.